The number of unbranched alkanes of at least 4 members (excludes halogenated alkanes) is 6. The van der Waals surface area contributed by atoms with Crippen molar-refractivity contribution in [3.8, 4) is 11.1 Å². The van der Waals surface area contributed by atoms with E-state index < -0.39 is 0 Å². The molecule has 6 N–H and O–H groups in total. The minimum atomic E-state index is 0.360. The van der Waals surface area contributed by atoms with Gasteiger partial charge in [-0.15, -0.1) is 0 Å². The lowest BCUT2D eigenvalue weighted by Crippen LogP contribution is -2.28. The molecule has 0 aliphatic heterocycles. The number of hydrogen-bond acceptors (Lipinski definition) is 4. The molecule has 3 rings (SSSR count). The van der Waals surface area contributed by atoms with Gasteiger partial charge < -0.3 is 11.5 Å². The molecule has 39 heavy (non-hydrogen) atoms. The van der Waals surface area contributed by atoms with Gasteiger partial charge in [-0.05, 0) is 78.6 Å². The first kappa shape index (κ1) is 29.9. The zero-order chi connectivity index (χ0) is 28.0. The van der Waals surface area contributed by atoms with Crippen LogP contribution in [0.5, 0.6) is 0 Å². The van der Waals surface area contributed by atoms with Gasteiger partial charge in [0.1, 0.15) is 0 Å². The molecule has 0 heterocycles. The Kier molecular flexibility index (Phi) is 12.0. The Bertz CT molecular complexity index is 1120. The topological polar surface area (TPSA) is 126 Å². The Morgan fingerprint density at radius 2 is 1.10 bits per heavy atom. The molecule has 0 spiro atoms. The minimum Gasteiger partial charge on any atom is -0.369 e. The fourth-order valence-corrected chi connectivity index (χ4v) is 4.62. The van der Waals surface area contributed by atoms with Crippen LogP contribution in [0.3, 0.4) is 0 Å². The van der Waals surface area contributed by atoms with Crippen molar-refractivity contribution in [2.45, 2.75) is 85.5 Å². The first-order valence-corrected chi connectivity index (χ1v) is 14.4. The van der Waals surface area contributed by atoms with Crippen LogP contribution in [0.25, 0.3) is 11.1 Å². The molecule has 0 bridgehead atoms. The Morgan fingerprint density at radius 3 is 1.51 bits per heavy atom. The lowest BCUT2D eigenvalue weighted by atomic mass is 10.0. The number of guanidine groups is 2. The third-order valence-electron chi connectivity index (χ3n) is 6.98. The van der Waals surface area contributed by atoms with Gasteiger partial charge in [-0.1, -0.05) is 76.6 Å². The average molecular weight is 531 g/mol. The maximum absolute atomic E-state index is 5.98. The standard InChI is InChI=1S/C31H46N8/c1-5-7-9-11-17-34-30(32)38-36-22(3)24-13-15-28-26(19-24)21-27-20-25(14-16-29(27)28)23(4)37-39-31(33)35-18-12-10-8-6-2/h13-16,19-20H,5-12,17-18,21H2,1-4H3,(H3,32,34,38)(H3,33,35,39). The molecule has 0 saturated heterocycles. The van der Waals surface area contributed by atoms with Crippen molar-refractivity contribution in [3.63, 3.8) is 0 Å². The highest BCUT2D eigenvalue weighted by atomic mass is 15.4. The third-order valence-corrected chi connectivity index (χ3v) is 6.98. The molecule has 0 radical (unpaired) electrons. The summed E-state index contributed by atoms with van der Waals surface area (Å²) in [5.74, 6) is 0.719. The molecule has 1 aliphatic carbocycles. The van der Waals surface area contributed by atoms with Crippen LogP contribution in [0.2, 0.25) is 0 Å². The smallest absolute Gasteiger partial charge is 0.209 e. The first-order valence-electron chi connectivity index (χ1n) is 14.4. The quantitative estimate of drug-likeness (QED) is 0.0926. The monoisotopic (exact) mass is 530 g/mol. The molecule has 0 atom stereocenters. The third kappa shape index (κ3) is 9.23. The van der Waals surface area contributed by atoms with E-state index in [1.165, 1.54) is 60.8 Å². The van der Waals surface area contributed by atoms with Crippen molar-refractivity contribution in [1.29, 1.82) is 0 Å². The second kappa shape index (κ2) is 15.7. The van der Waals surface area contributed by atoms with E-state index in [9.17, 15) is 0 Å². The molecule has 0 saturated carbocycles. The number of nitrogens with two attached hydrogens (primary N) is 2. The largest absolute Gasteiger partial charge is 0.369 e. The zero-order valence-electron chi connectivity index (χ0n) is 24.2. The SMILES string of the molecule is CCCCCCN=C(N)NN=C(C)c1ccc2c(c1)Cc1cc(C(C)=NNC(N)=NCCCCCC)ccc1-2. The molecule has 1 aliphatic rings. The maximum Gasteiger partial charge on any atom is 0.209 e. The molecule has 0 unspecified atom stereocenters. The number of hydrogen-bond donors (Lipinski definition) is 4. The summed E-state index contributed by atoms with van der Waals surface area (Å²) >= 11 is 0. The fraction of sp³-hybridized carbons (Fsp3) is 0.484. The lowest BCUT2D eigenvalue weighted by Gasteiger charge is -2.07. The van der Waals surface area contributed by atoms with E-state index in [1.54, 1.807) is 0 Å². The van der Waals surface area contributed by atoms with Crippen LogP contribution in [-0.4, -0.2) is 36.4 Å². The number of benzene rings is 2. The molecule has 8 heteroatoms. The Balaban J connectivity index is 1.60. The molecule has 0 amide bonds. The second-order valence-corrected chi connectivity index (χ2v) is 10.2. The second-order valence-electron chi connectivity index (χ2n) is 10.2. The van der Waals surface area contributed by atoms with E-state index in [4.69, 9.17) is 11.5 Å². The van der Waals surface area contributed by atoms with Gasteiger partial charge in [0.15, 0.2) is 0 Å². The van der Waals surface area contributed by atoms with Gasteiger partial charge in [0.05, 0.1) is 11.4 Å². The summed E-state index contributed by atoms with van der Waals surface area (Å²) in [6.07, 6.45) is 10.2. The fourth-order valence-electron chi connectivity index (χ4n) is 4.62. The van der Waals surface area contributed by atoms with Gasteiger partial charge in [0.25, 0.3) is 0 Å². The highest BCUT2D eigenvalue weighted by Crippen LogP contribution is 2.37. The Morgan fingerprint density at radius 1 is 0.667 bits per heavy atom. The van der Waals surface area contributed by atoms with Crippen molar-refractivity contribution in [3.05, 3.63) is 58.7 Å². The predicted octanol–water partition coefficient (Wildman–Crippen LogP) is 5.68. The summed E-state index contributed by atoms with van der Waals surface area (Å²) < 4.78 is 0. The minimum absolute atomic E-state index is 0.360. The van der Waals surface area contributed by atoms with Crippen LogP contribution in [0.1, 0.15) is 101 Å². The molecule has 210 valence electrons. The molecule has 2 aromatic rings. The molecular weight excluding hydrogens is 484 g/mol. The predicted molar refractivity (Wildman–Crippen MR) is 167 cm³/mol. The van der Waals surface area contributed by atoms with Crippen LogP contribution >= 0.6 is 0 Å². The van der Waals surface area contributed by atoms with E-state index in [2.05, 4.69) is 81.3 Å². The van der Waals surface area contributed by atoms with Gasteiger partial charge in [-0.25, -0.2) is 10.9 Å². The van der Waals surface area contributed by atoms with Crippen LogP contribution < -0.4 is 22.3 Å². The maximum atomic E-state index is 5.98. The van der Waals surface area contributed by atoms with Gasteiger partial charge in [0.2, 0.25) is 11.9 Å². The van der Waals surface area contributed by atoms with Gasteiger partial charge >= 0.3 is 0 Å². The molecule has 0 fully saturated rings. The average Bonchev–Trinajstić information content (AvgIpc) is 3.31. The number of nitrogens with one attached hydrogen (secondary N) is 2. The number of aliphatic imine (C=N–C) groups is 2. The lowest BCUT2D eigenvalue weighted by molar-refractivity contribution is 0.673. The highest BCUT2D eigenvalue weighted by molar-refractivity contribution is 6.02. The summed E-state index contributed by atoms with van der Waals surface area (Å²) in [7, 11) is 0. The number of hydrazone groups is 2. The summed E-state index contributed by atoms with van der Waals surface area (Å²) in [6, 6.07) is 13.0. The van der Waals surface area contributed by atoms with Crippen molar-refractivity contribution in [2.24, 2.45) is 31.7 Å². The Hall–Kier alpha value is -3.68. The number of fused-ring (bicyclic) bond motifs is 3. The van der Waals surface area contributed by atoms with Crippen molar-refractivity contribution >= 4 is 23.3 Å². The molecule has 0 aromatic heterocycles. The summed E-state index contributed by atoms with van der Waals surface area (Å²) in [5, 5.41) is 8.91. The van der Waals surface area contributed by atoms with E-state index in [1.807, 2.05) is 13.8 Å². The van der Waals surface area contributed by atoms with E-state index >= 15 is 0 Å². The van der Waals surface area contributed by atoms with Crippen molar-refractivity contribution < 1.29 is 0 Å². The molecule has 8 nitrogen and oxygen atoms in total. The van der Waals surface area contributed by atoms with E-state index in [0.29, 0.717) is 11.9 Å². The number of rotatable bonds is 14. The molecule has 2 aromatic carbocycles. The van der Waals surface area contributed by atoms with E-state index in [-0.39, 0.29) is 0 Å². The van der Waals surface area contributed by atoms with Crippen molar-refractivity contribution in [1.82, 2.24) is 10.9 Å². The van der Waals surface area contributed by atoms with E-state index in [0.717, 1.165) is 54.9 Å². The zero-order valence-corrected chi connectivity index (χ0v) is 24.2. The van der Waals surface area contributed by atoms with Crippen LogP contribution in [0.15, 0.2) is 56.6 Å². The normalized spacial score (nSPS) is 13.8. The summed E-state index contributed by atoms with van der Waals surface area (Å²) in [5.41, 5.74) is 26.7. The Labute approximate surface area is 234 Å². The van der Waals surface area contributed by atoms with Crippen LogP contribution in [0, 0.1) is 0 Å². The number of nitrogens with zero attached hydrogens (tertiary/aromatic N) is 4. The van der Waals surface area contributed by atoms with Crippen LogP contribution in [-0.2, 0) is 6.42 Å². The van der Waals surface area contributed by atoms with Gasteiger partial charge in [-0.3, -0.25) is 9.98 Å². The highest BCUT2D eigenvalue weighted by Gasteiger charge is 2.20. The summed E-state index contributed by atoms with van der Waals surface area (Å²) in [4.78, 5) is 8.73. The summed E-state index contributed by atoms with van der Waals surface area (Å²) in [6.45, 7) is 9.82. The van der Waals surface area contributed by atoms with Crippen molar-refractivity contribution in [2.75, 3.05) is 13.1 Å². The van der Waals surface area contributed by atoms with Gasteiger partial charge in [-0.2, -0.15) is 10.2 Å². The van der Waals surface area contributed by atoms with Gasteiger partial charge in [0, 0.05) is 13.1 Å². The first-order chi connectivity index (χ1) is 18.9. The molecular formula is C31H46N8. The van der Waals surface area contributed by atoms with Crippen LogP contribution in [0.4, 0.5) is 0 Å².